The van der Waals surface area contributed by atoms with Crippen LogP contribution in [0.4, 0.5) is 5.69 Å². The Hall–Kier alpha value is -2.35. The van der Waals surface area contributed by atoms with Crippen LogP contribution in [-0.2, 0) is 28.3 Å². The number of sulfonamides is 1. The Morgan fingerprint density at radius 3 is 2.48 bits per heavy atom. The van der Waals surface area contributed by atoms with E-state index >= 15 is 0 Å². The van der Waals surface area contributed by atoms with Crippen molar-refractivity contribution in [2.24, 2.45) is 7.05 Å². The molecule has 2 aromatic rings. The largest absolute Gasteiger partial charge is 0.481 e. The van der Waals surface area contributed by atoms with Gasteiger partial charge in [-0.3, -0.25) is 14.2 Å². The molecule has 8 heteroatoms. The molecule has 124 valence electrons. The summed E-state index contributed by atoms with van der Waals surface area (Å²) in [5.74, 6) is -0.819. The second-order valence-corrected chi connectivity index (χ2v) is 6.90. The van der Waals surface area contributed by atoms with E-state index in [0.29, 0.717) is 24.1 Å². The van der Waals surface area contributed by atoms with Crippen LogP contribution < -0.4 is 4.72 Å². The summed E-state index contributed by atoms with van der Waals surface area (Å²) in [6, 6.07) is 6.91. The minimum absolute atomic E-state index is 0.119. The van der Waals surface area contributed by atoms with Crippen molar-refractivity contribution in [3.8, 4) is 0 Å². The molecule has 23 heavy (non-hydrogen) atoms. The number of hydrogen-bond donors (Lipinski definition) is 2. The normalized spacial score (nSPS) is 11.4. The summed E-state index contributed by atoms with van der Waals surface area (Å²) in [4.78, 5) is 10.5. The average Bonchev–Trinajstić information content (AvgIpc) is 2.80. The molecule has 2 rings (SSSR count). The SMILES string of the molecule is Cc1cnn(C)c1S(=O)(=O)Nc1ccc(CCCC(=O)O)cc1. The zero-order valence-corrected chi connectivity index (χ0v) is 13.8. The Balaban J connectivity index is 2.07. The summed E-state index contributed by atoms with van der Waals surface area (Å²) in [5.41, 5.74) is 1.99. The first-order valence-electron chi connectivity index (χ1n) is 7.12. The third-order valence-corrected chi connectivity index (χ3v) is 4.97. The maximum atomic E-state index is 12.4. The maximum absolute atomic E-state index is 12.4. The molecular weight excluding hydrogens is 318 g/mol. The van der Waals surface area contributed by atoms with Gasteiger partial charge in [0.05, 0.1) is 6.20 Å². The number of carboxylic acid groups (broad SMARTS) is 1. The summed E-state index contributed by atoms with van der Waals surface area (Å²) in [7, 11) is -2.12. The monoisotopic (exact) mass is 337 g/mol. The number of aliphatic carboxylic acids is 1. The number of anilines is 1. The minimum Gasteiger partial charge on any atom is -0.481 e. The molecule has 0 fully saturated rings. The van der Waals surface area contributed by atoms with Crippen LogP contribution >= 0.6 is 0 Å². The van der Waals surface area contributed by atoms with E-state index in [1.807, 2.05) is 0 Å². The number of carboxylic acids is 1. The van der Waals surface area contributed by atoms with Gasteiger partial charge in [0, 0.05) is 24.7 Å². The molecule has 0 aliphatic rings. The number of carbonyl (C=O) groups is 1. The van der Waals surface area contributed by atoms with Crippen molar-refractivity contribution in [2.45, 2.75) is 31.2 Å². The molecule has 0 unspecified atom stereocenters. The van der Waals surface area contributed by atoms with Gasteiger partial charge in [-0.15, -0.1) is 0 Å². The molecule has 0 aliphatic carbocycles. The Morgan fingerprint density at radius 2 is 1.96 bits per heavy atom. The molecule has 0 bridgehead atoms. The van der Waals surface area contributed by atoms with E-state index in [1.54, 1.807) is 38.2 Å². The summed E-state index contributed by atoms with van der Waals surface area (Å²) in [5, 5.41) is 12.7. The zero-order valence-electron chi connectivity index (χ0n) is 13.0. The van der Waals surface area contributed by atoms with E-state index in [9.17, 15) is 13.2 Å². The fraction of sp³-hybridized carbons (Fsp3) is 0.333. The van der Waals surface area contributed by atoms with Crippen LogP contribution in [-0.4, -0.2) is 29.3 Å². The first kappa shape index (κ1) is 17.0. The lowest BCUT2D eigenvalue weighted by atomic mass is 10.1. The number of aromatic nitrogens is 2. The smallest absolute Gasteiger partial charge is 0.303 e. The molecule has 1 aromatic heterocycles. The second-order valence-electron chi connectivity index (χ2n) is 5.31. The molecule has 0 aliphatic heterocycles. The molecular formula is C15H19N3O4S. The summed E-state index contributed by atoms with van der Waals surface area (Å²) in [6.45, 7) is 1.69. The number of aryl methyl sites for hydroxylation is 3. The highest BCUT2D eigenvalue weighted by Crippen LogP contribution is 2.19. The molecule has 2 N–H and O–H groups in total. The highest BCUT2D eigenvalue weighted by atomic mass is 32.2. The molecule has 0 amide bonds. The van der Waals surface area contributed by atoms with Crippen LogP contribution in [0.5, 0.6) is 0 Å². The molecule has 0 spiro atoms. The third-order valence-electron chi connectivity index (χ3n) is 3.37. The van der Waals surface area contributed by atoms with Crippen molar-refractivity contribution in [1.29, 1.82) is 0 Å². The van der Waals surface area contributed by atoms with Crippen molar-refractivity contribution >= 4 is 21.7 Å². The molecule has 0 saturated carbocycles. The van der Waals surface area contributed by atoms with Crippen LogP contribution in [0, 0.1) is 6.92 Å². The van der Waals surface area contributed by atoms with Crippen LogP contribution in [0.15, 0.2) is 35.5 Å². The molecule has 1 aromatic carbocycles. The van der Waals surface area contributed by atoms with Crippen LogP contribution in [0.1, 0.15) is 24.0 Å². The van der Waals surface area contributed by atoms with Crippen molar-refractivity contribution < 1.29 is 18.3 Å². The van der Waals surface area contributed by atoms with E-state index in [-0.39, 0.29) is 11.4 Å². The molecule has 0 radical (unpaired) electrons. The lowest BCUT2D eigenvalue weighted by molar-refractivity contribution is -0.137. The van der Waals surface area contributed by atoms with Gasteiger partial charge in [-0.25, -0.2) is 0 Å². The van der Waals surface area contributed by atoms with Gasteiger partial charge in [0.15, 0.2) is 5.03 Å². The van der Waals surface area contributed by atoms with Crippen molar-refractivity contribution in [3.63, 3.8) is 0 Å². The minimum atomic E-state index is -3.70. The average molecular weight is 337 g/mol. The summed E-state index contributed by atoms with van der Waals surface area (Å²) in [6.07, 6.45) is 2.81. The van der Waals surface area contributed by atoms with E-state index in [1.165, 1.54) is 10.9 Å². The van der Waals surface area contributed by atoms with Gasteiger partial charge in [0.25, 0.3) is 10.0 Å². The van der Waals surface area contributed by atoms with Gasteiger partial charge >= 0.3 is 5.97 Å². The lowest BCUT2D eigenvalue weighted by Gasteiger charge is -2.10. The molecule has 1 heterocycles. The quantitative estimate of drug-likeness (QED) is 0.804. The van der Waals surface area contributed by atoms with Gasteiger partial charge in [0.1, 0.15) is 0 Å². The fourth-order valence-electron chi connectivity index (χ4n) is 2.31. The van der Waals surface area contributed by atoms with E-state index < -0.39 is 16.0 Å². The summed E-state index contributed by atoms with van der Waals surface area (Å²) >= 11 is 0. The van der Waals surface area contributed by atoms with E-state index in [4.69, 9.17) is 5.11 Å². The van der Waals surface area contributed by atoms with Crippen LogP contribution in [0.25, 0.3) is 0 Å². The van der Waals surface area contributed by atoms with Crippen molar-refractivity contribution in [2.75, 3.05) is 4.72 Å². The van der Waals surface area contributed by atoms with Gasteiger partial charge in [-0.1, -0.05) is 12.1 Å². The number of rotatable bonds is 7. The maximum Gasteiger partial charge on any atom is 0.303 e. The first-order valence-corrected chi connectivity index (χ1v) is 8.60. The predicted octanol–water partition coefficient (Wildman–Crippen LogP) is 1.94. The fourth-order valence-corrected chi connectivity index (χ4v) is 3.72. The Kier molecular flexibility index (Phi) is 5.05. The Morgan fingerprint density at radius 1 is 1.30 bits per heavy atom. The molecule has 0 saturated heterocycles. The van der Waals surface area contributed by atoms with Crippen LogP contribution in [0.3, 0.4) is 0 Å². The van der Waals surface area contributed by atoms with Gasteiger partial charge in [-0.2, -0.15) is 13.5 Å². The van der Waals surface area contributed by atoms with E-state index in [2.05, 4.69) is 9.82 Å². The standard InChI is InChI=1S/C15H19N3O4S/c1-11-10-16-18(2)15(11)23(21,22)17-13-8-6-12(7-9-13)4-3-5-14(19)20/h6-10,17H,3-5H2,1-2H3,(H,19,20). The predicted molar refractivity (Wildman–Crippen MR) is 85.8 cm³/mol. The lowest BCUT2D eigenvalue weighted by Crippen LogP contribution is -2.17. The summed E-state index contributed by atoms with van der Waals surface area (Å²) < 4.78 is 28.6. The van der Waals surface area contributed by atoms with Crippen molar-refractivity contribution in [3.05, 3.63) is 41.6 Å². The molecule has 7 nitrogen and oxygen atoms in total. The van der Waals surface area contributed by atoms with Gasteiger partial charge < -0.3 is 5.11 Å². The number of nitrogens with zero attached hydrogens (tertiary/aromatic N) is 2. The third kappa shape index (κ3) is 4.32. The van der Waals surface area contributed by atoms with Crippen molar-refractivity contribution in [1.82, 2.24) is 9.78 Å². The second kappa shape index (κ2) is 6.82. The highest BCUT2D eigenvalue weighted by molar-refractivity contribution is 7.92. The Bertz CT molecular complexity index is 775. The zero-order chi connectivity index (χ0) is 17.0. The first-order chi connectivity index (χ1) is 10.8. The Labute approximate surface area is 135 Å². The highest BCUT2D eigenvalue weighted by Gasteiger charge is 2.21. The number of benzene rings is 1. The van der Waals surface area contributed by atoms with Gasteiger partial charge in [0.2, 0.25) is 0 Å². The molecule has 0 atom stereocenters. The van der Waals surface area contributed by atoms with Gasteiger partial charge in [-0.05, 0) is 37.5 Å². The van der Waals surface area contributed by atoms with E-state index in [0.717, 1.165) is 5.56 Å². The topological polar surface area (TPSA) is 101 Å². The van der Waals surface area contributed by atoms with Crippen LogP contribution in [0.2, 0.25) is 0 Å². The number of nitrogens with one attached hydrogen (secondary N) is 1. The number of hydrogen-bond acceptors (Lipinski definition) is 4.